The molecule has 1 aromatic rings. The molecule has 0 aromatic heterocycles. The minimum atomic E-state index is -0.366. The predicted octanol–water partition coefficient (Wildman–Crippen LogP) is 3.10. The molecule has 1 amide bonds. The molecule has 0 heterocycles. The van der Waals surface area contributed by atoms with E-state index in [-0.39, 0.29) is 42.5 Å². The molecule has 3 N–H and O–H groups in total. The van der Waals surface area contributed by atoms with E-state index in [0.29, 0.717) is 18.7 Å². The molecule has 136 valence electrons. The number of nitrogens with one attached hydrogen (secondary N) is 1. The van der Waals surface area contributed by atoms with Crippen molar-refractivity contribution >= 4 is 24.1 Å². The number of halogens is 1. The van der Waals surface area contributed by atoms with Gasteiger partial charge in [-0.15, -0.1) is 12.4 Å². The first-order chi connectivity index (χ1) is 10.9. The van der Waals surface area contributed by atoms with E-state index in [1.54, 1.807) is 24.3 Å². The molecule has 0 fully saturated rings. The molecule has 0 saturated heterocycles. The second-order valence-corrected chi connectivity index (χ2v) is 5.73. The summed E-state index contributed by atoms with van der Waals surface area (Å²) in [5.41, 5.74) is 6.36. The van der Waals surface area contributed by atoms with Crippen LogP contribution in [0.25, 0.3) is 0 Å². The summed E-state index contributed by atoms with van der Waals surface area (Å²) in [5.74, 6) is 0.550. The monoisotopic (exact) mass is 356 g/mol. The number of carbonyl (C=O) groups excluding carboxylic acids is 2. The first-order valence-corrected chi connectivity index (χ1v) is 8.25. The van der Waals surface area contributed by atoms with E-state index < -0.39 is 0 Å². The van der Waals surface area contributed by atoms with Gasteiger partial charge in [0.25, 0.3) is 0 Å². The van der Waals surface area contributed by atoms with E-state index in [1.165, 1.54) is 0 Å². The van der Waals surface area contributed by atoms with Crippen LogP contribution in [0.5, 0.6) is 5.75 Å². The van der Waals surface area contributed by atoms with Crippen molar-refractivity contribution in [3.05, 3.63) is 29.8 Å². The number of amides is 1. The van der Waals surface area contributed by atoms with Gasteiger partial charge in [-0.25, -0.2) is 0 Å². The van der Waals surface area contributed by atoms with E-state index in [0.717, 1.165) is 18.6 Å². The summed E-state index contributed by atoms with van der Waals surface area (Å²) < 4.78 is 5.34. The Hall–Kier alpha value is -1.59. The summed E-state index contributed by atoms with van der Waals surface area (Å²) in [7, 11) is 0. The van der Waals surface area contributed by atoms with E-state index in [9.17, 15) is 9.59 Å². The summed E-state index contributed by atoms with van der Waals surface area (Å²) >= 11 is 0. The van der Waals surface area contributed by atoms with Gasteiger partial charge in [-0.05, 0) is 44.0 Å². The van der Waals surface area contributed by atoms with Gasteiger partial charge in [0.2, 0.25) is 5.91 Å². The highest BCUT2D eigenvalue weighted by Crippen LogP contribution is 2.14. The Labute approximate surface area is 150 Å². The second-order valence-electron chi connectivity index (χ2n) is 5.73. The van der Waals surface area contributed by atoms with Gasteiger partial charge in [0.1, 0.15) is 5.75 Å². The molecule has 0 atom stereocenters. The fourth-order valence-corrected chi connectivity index (χ4v) is 2.14. The molecule has 0 bridgehead atoms. The van der Waals surface area contributed by atoms with Gasteiger partial charge in [0.05, 0.1) is 6.61 Å². The summed E-state index contributed by atoms with van der Waals surface area (Å²) in [5, 5.41) is 2.82. The Morgan fingerprint density at radius 1 is 1.08 bits per heavy atom. The Morgan fingerprint density at radius 2 is 1.67 bits per heavy atom. The topological polar surface area (TPSA) is 81.4 Å². The van der Waals surface area contributed by atoms with Gasteiger partial charge < -0.3 is 15.8 Å². The Balaban J connectivity index is 0.00000529. The van der Waals surface area contributed by atoms with Crippen LogP contribution >= 0.6 is 12.4 Å². The van der Waals surface area contributed by atoms with Crippen LogP contribution in [0.1, 0.15) is 56.8 Å². The molecule has 0 saturated carbocycles. The Morgan fingerprint density at radius 3 is 2.17 bits per heavy atom. The summed E-state index contributed by atoms with van der Waals surface area (Å²) in [4.78, 5) is 23.9. The maximum Gasteiger partial charge on any atom is 0.220 e. The lowest BCUT2D eigenvalue weighted by molar-refractivity contribution is -0.121. The van der Waals surface area contributed by atoms with Crippen LogP contribution in [-0.4, -0.2) is 30.4 Å². The van der Waals surface area contributed by atoms with Gasteiger partial charge in [-0.3, -0.25) is 9.59 Å². The van der Waals surface area contributed by atoms with Crippen LogP contribution in [0.4, 0.5) is 0 Å². The van der Waals surface area contributed by atoms with Crippen molar-refractivity contribution in [2.24, 2.45) is 5.73 Å². The molecule has 5 nitrogen and oxygen atoms in total. The second kappa shape index (κ2) is 11.0. The van der Waals surface area contributed by atoms with Gasteiger partial charge in [-0.1, -0.05) is 13.8 Å². The zero-order valence-corrected chi connectivity index (χ0v) is 15.6. The molecule has 1 rings (SSSR count). The van der Waals surface area contributed by atoms with Crippen molar-refractivity contribution in [2.75, 3.05) is 13.2 Å². The first-order valence-electron chi connectivity index (χ1n) is 8.25. The van der Waals surface area contributed by atoms with Crippen LogP contribution in [0.2, 0.25) is 0 Å². The number of hydrogen-bond acceptors (Lipinski definition) is 4. The third-order valence-corrected chi connectivity index (χ3v) is 4.11. The first kappa shape index (κ1) is 22.4. The average molecular weight is 357 g/mol. The Kier molecular flexibility index (Phi) is 10.3. The van der Waals surface area contributed by atoms with Crippen molar-refractivity contribution in [1.82, 2.24) is 5.32 Å². The lowest BCUT2D eigenvalue weighted by Crippen LogP contribution is -2.49. The fraction of sp³-hybridized carbons (Fsp3) is 0.556. The van der Waals surface area contributed by atoms with Gasteiger partial charge in [-0.2, -0.15) is 0 Å². The molecule has 1 aromatic carbocycles. The van der Waals surface area contributed by atoms with E-state index in [2.05, 4.69) is 5.32 Å². The molecule has 0 radical (unpaired) electrons. The third-order valence-electron chi connectivity index (χ3n) is 4.11. The summed E-state index contributed by atoms with van der Waals surface area (Å²) in [6.45, 7) is 6.95. The zero-order chi connectivity index (χ0) is 17.3. The number of rotatable bonds is 10. The normalized spacial score (nSPS) is 10.7. The lowest BCUT2D eigenvalue weighted by Gasteiger charge is -2.26. The smallest absolute Gasteiger partial charge is 0.220 e. The number of nitrogens with two attached hydrogens (primary N) is 1. The lowest BCUT2D eigenvalue weighted by atomic mass is 9.94. The molecule has 0 spiro atoms. The van der Waals surface area contributed by atoms with Crippen LogP contribution in [-0.2, 0) is 4.79 Å². The maximum atomic E-state index is 12.1. The standard InChI is InChI=1S/C18H28N2O3.ClH/c1-4-18(19,5-2)13-20-17(22)12-11-16(21)14-7-9-15(10-8-14)23-6-3;/h7-10H,4-6,11-13,19H2,1-3H3,(H,20,22);1H. The largest absolute Gasteiger partial charge is 0.494 e. The van der Waals surface area contributed by atoms with E-state index in [4.69, 9.17) is 10.5 Å². The fourth-order valence-electron chi connectivity index (χ4n) is 2.14. The number of hydrogen-bond donors (Lipinski definition) is 2. The minimum absolute atomic E-state index is 0. The molecule has 0 unspecified atom stereocenters. The molecule has 0 aliphatic heterocycles. The van der Waals surface area contributed by atoms with Crippen molar-refractivity contribution in [2.45, 2.75) is 52.0 Å². The molecular formula is C18H29ClN2O3. The zero-order valence-electron chi connectivity index (χ0n) is 14.8. The highest BCUT2D eigenvalue weighted by Gasteiger charge is 2.21. The van der Waals surface area contributed by atoms with Crippen molar-refractivity contribution in [3.8, 4) is 5.75 Å². The van der Waals surface area contributed by atoms with Crippen molar-refractivity contribution in [1.29, 1.82) is 0 Å². The summed E-state index contributed by atoms with van der Waals surface area (Å²) in [6, 6.07) is 6.98. The number of benzene rings is 1. The maximum absolute atomic E-state index is 12.1. The van der Waals surface area contributed by atoms with Gasteiger partial charge in [0.15, 0.2) is 5.78 Å². The van der Waals surface area contributed by atoms with E-state index >= 15 is 0 Å². The molecule has 0 aliphatic carbocycles. The number of ether oxygens (including phenoxy) is 1. The predicted molar refractivity (Wildman–Crippen MR) is 98.9 cm³/mol. The highest BCUT2D eigenvalue weighted by atomic mass is 35.5. The van der Waals surface area contributed by atoms with Crippen LogP contribution < -0.4 is 15.8 Å². The number of Topliss-reactive ketones (excluding diaryl/α,β-unsaturated/α-hetero) is 1. The van der Waals surface area contributed by atoms with Crippen molar-refractivity contribution < 1.29 is 14.3 Å². The molecule has 6 heteroatoms. The Bertz CT molecular complexity index is 514. The van der Waals surface area contributed by atoms with Gasteiger partial charge >= 0.3 is 0 Å². The third kappa shape index (κ3) is 7.32. The van der Waals surface area contributed by atoms with Gasteiger partial charge in [0, 0.05) is 30.5 Å². The quantitative estimate of drug-likeness (QED) is 0.631. The van der Waals surface area contributed by atoms with E-state index in [1.807, 2.05) is 20.8 Å². The number of carbonyl (C=O) groups is 2. The van der Waals surface area contributed by atoms with Crippen LogP contribution in [0.15, 0.2) is 24.3 Å². The average Bonchev–Trinajstić information content (AvgIpc) is 2.58. The van der Waals surface area contributed by atoms with Crippen LogP contribution in [0, 0.1) is 0 Å². The molecule has 0 aliphatic rings. The van der Waals surface area contributed by atoms with Crippen LogP contribution in [0.3, 0.4) is 0 Å². The summed E-state index contributed by atoms with van der Waals surface area (Å²) in [6.07, 6.45) is 1.97. The van der Waals surface area contributed by atoms with Crippen molar-refractivity contribution in [3.63, 3.8) is 0 Å². The minimum Gasteiger partial charge on any atom is -0.494 e. The number of ketones is 1. The molecular weight excluding hydrogens is 328 g/mol. The molecule has 24 heavy (non-hydrogen) atoms. The highest BCUT2D eigenvalue weighted by molar-refractivity contribution is 5.98. The SMILES string of the molecule is CCOc1ccc(C(=O)CCC(=O)NCC(N)(CC)CC)cc1.Cl.